The maximum Gasteiger partial charge on any atom is 0.148 e. The lowest BCUT2D eigenvalue weighted by molar-refractivity contribution is 0.448. The molecule has 0 unspecified atom stereocenters. The molecule has 0 atom stereocenters. The highest BCUT2D eigenvalue weighted by atomic mass is 15.2. The summed E-state index contributed by atoms with van der Waals surface area (Å²) in [5.41, 5.74) is 8.23. The highest BCUT2D eigenvalue weighted by molar-refractivity contribution is 5.41. The summed E-state index contributed by atoms with van der Waals surface area (Å²) >= 11 is 0. The van der Waals surface area contributed by atoms with Crippen LogP contribution in [0.1, 0.15) is 62.1 Å². The molecule has 3 nitrogen and oxygen atoms in total. The molecule has 1 saturated carbocycles. The minimum Gasteiger partial charge on any atom is -0.382 e. The smallest absolute Gasteiger partial charge is 0.148 e. The van der Waals surface area contributed by atoms with Gasteiger partial charge in [0, 0.05) is 17.2 Å². The van der Waals surface area contributed by atoms with E-state index >= 15 is 0 Å². The Morgan fingerprint density at radius 3 is 2.27 bits per heavy atom. The standard InChI is InChI=1S/C12H21N3/c1-9-11(14-15-12(9)13)10-7-5-3-2-4-6-8-10/h10H,2-8H2,1H3,(H3,13,14,15). The summed E-state index contributed by atoms with van der Waals surface area (Å²) in [6.07, 6.45) is 9.48. The van der Waals surface area contributed by atoms with Crippen LogP contribution in [0.4, 0.5) is 5.82 Å². The molecule has 84 valence electrons. The van der Waals surface area contributed by atoms with E-state index in [9.17, 15) is 0 Å². The van der Waals surface area contributed by atoms with Crippen LogP contribution in [0.5, 0.6) is 0 Å². The number of nitrogens with two attached hydrogens (primary N) is 1. The topological polar surface area (TPSA) is 54.7 Å². The number of aromatic nitrogens is 2. The monoisotopic (exact) mass is 207 g/mol. The molecule has 0 amide bonds. The molecule has 0 bridgehead atoms. The maximum atomic E-state index is 5.77. The fourth-order valence-electron chi connectivity index (χ4n) is 2.57. The second-order valence-corrected chi connectivity index (χ2v) is 4.69. The lowest BCUT2D eigenvalue weighted by atomic mass is 9.87. The number of nitrogen functional groups attached to an aromatic ring is 1. The molecule has 1 fully saturated rings. The van der Waals surface area contributed by atoms with Crippen molar-refractivity contribution in [2.24, 2.45) is 0 Å². The number of anilines is 1. The van der Waals surface area contributed by atoms with Crippen molar-refractivity contribution < 1.29 is 0 Å². The fraction of sp³-hybridized carbons (Fsp3) is 0.750. The van der Waals surface area contributed by atoms with Gasteiger partial charge in [-0.3, -0.25) is 5.10 Å². The van der Waals surface area contributed by atoms with Gasteiger partial charge in [-0.05, 0) is 19.8 Å². The molecule has 0 radical (unpaired) electrons. The molecule has 1 aliphatic rings. The van der Waals surface area contributed by atoms with Gasteiger partial charge in [0.05, 0.1) is 0 Å². The largest absolute Gasteiger partial charge is 0.382 e. The third-order valence-corrected chi connectivity index (χ3v) is 3.60. The number of aromatic amines is 1. The average Bonchev–Trinajstić information content (AvgIpc) is 2.48. The highest BCUT2D eigenvalue weighted by Crippen LogP contribution is 2.32. The molecule has 1 heterocycles. The lowest BCUT2D eigenvalue weighted by Crippen LogP contribution is -2.04. The molecular weight excluding hydrogens is 186 g/mol. The van der Waals surface area contributed by atoms with Crippen LogP contribution in [0.15, 0.2) is 0 Å². The first-order valence-corrected chi connectivity index (χ1v) is 6.09. The van der Waals surface area contributed by atoms with E-state index in [4.69, 9.17) is 5.73 Å². The van der Waals surface area contributed by atoms with Crippen LogP contribution in [-0.4, -0.2) is 10.2 Å². The van der Waals surface area contributed by atoms with Gasteiger partial charge in [0.2, 0.25) is 0 Å². The van der Waals surface area contributed by atoms with Gasteiger partial charge in [-0.15, -0.1) is 0 Å². The normalized spacial score (nSPS) is 19.8. The van der Waals surface area contributed by atoms with Crippen LogP contribution in [0, 0.1) is 6.92 Å². The zero-order chi connectivity index (χ0) is 10.7. The molecule has 0 saturated heterocycles. The Kier molecular flexibility index (Phi) is 3.29. The second-order valence-electron chi connectivity index (χ2n) is 4.69. The Morgan fingerprint density at radius 2 is 1.73 bits per heavy atom. The summed E-state index contributed by atoms with van der Waals surface area (Å²) in [6.45, 7) is 2.08. The van der Waals surface area contributed by atoms with Gasteiger partial charge < -0.3 is 5.73 Å². The summed E-state index contributed by atoms with van der Waals surface area (Å²) < 4.78 is 0. The minimum absolute atomic E-state index is 0.662. The van der Waals surface area contributed by atoms with E-state index < -0.39 is 0 Å². The number of nitrogens with zero attached hydrogens (tertiary/aromatic N) is 1. The predicted molar refractivity (Wildman–Crippen MR) is 62.8 cm³/mol. The second kappa shape index (κ2) is 4.69. The summed E-state index contributed by atoms with van der Waals surface area (Å²) in [4.78, 5) is 0. The first kappa shape index (κ1) is 10.5. The first-order chi connectivity index (χ1) is 7.29. The van der Waals surface area contributed by atoms with Gasteiger partial charge in [-0.1, -0.05) is 32.1 Å². The summed E-state index contributed by atoms with van der Waals surface area (Å²) in [6, 6.07) is 0. The van der Waals surface area contributed by atoms with Crippen LogP contribution >= 0.6 is 0 Å². The summed E-state index contributed by atoms with van der Waals surface area (Å²) in [5, 5.41) is 7.21. The Balaban J connectivity index is 2.10. The van der Waals surface area contributed by atoms with Crippen molar-refractivity contribution >= 4 is 5.82 Å². The molecule has 0 aliphatic heterocycles. The van der Waals surface area contributed by atoms with E-state index in [1.807, 2.05) is 0 Å². The molecule has 3 N–H and O–H groups in total. The van der Waals surface area contributed by atoms with Gasteiger partial charge in [-0.2, -0.15) is 5.10 Å². The fourth-order valence-corrected chi connectivity index (χ4v) is 2.57. The third-order valence-electron chi connectivity index (χ3n) is 3.60. The predicted octanol–water partition coefficient (Wildman–Crippen LogP) is 3.13. The van der Waals surface area contributed by atoms with Crippen LogP contribution in [0.3, 0.4) is 0 Å². The number of nitrogens with one attached hydrogen (secondary N) is 1. The molecule has 2 rings (SSSR count). The molecule has 0 aromatic carbocycles. The van der Waals surface area contributed by atoms with E-state index in [0.717, 1.165) is 0 Å². The summed E-state index contributed by atoms with van der Waals surface area (Å²) in [5.74, 6) is 1.34. The van der Waals surface area contributed by atoms with Gasteiger partial charge in [0.1, 0.15) is 5.82 Å². The molecule has 1 aromatic heterocycles. The van der Waals surface area contributed by atoms with Gasteiger partial charge in [-0.25, -0.2) is 0 Å². The van der Waals surface area contributed by atoms with Crippen LogP contribution < -0.4 is 5.73 Å². The van der Waals surface area contributed by atoms with E-state index in [-0.39, 0.29) is 0 Å². The molecule has 1 aromatic rings. The van der Waals surface area contributed by atoms with Crippen LogP contribution in [-0.2, 0) is 0 Å². The van der Waals surface area contributed by atoms with Crippen molar-refractivity contribution in [2.45, 2.75) is 57.8 Å². The van der Waals surface area contributed by atoms with Crippen molar-refractivity contribution in [3.63, 3.8) is 0 Å². The quantitative estimate of drug-likeness (QED) is 0.743. The van der Waals surface area contributed by atoms with E-state index in [0.29, 0.717) is 11.7 Å². The minimum atomic E-state index is 0.662. The van der Waals surface area contributed by atoms with Gasteiger partial charge >= 0.3 is 0 Å². The van der Waals surface area contributed by atoms with Crippen molar-refractivity contribution in [1.29, 1.82) is 0 Å². The third kappa shape index (κ3) is 2.33. The van der Waals surface area contributed by atoms with E-state index in [1.165, 1.54) is 56.2 Å². The zero-order valence-corrected chi connectivity index (χ0v) is 9.55. The average molecular weight is 207 g/mol. The van der Waals surface area contributed by atoms with Crippen molar-refractivity contribution in [3.05, 3.63) is 11.3 Å². The number of H-pyrrole nitrogens is 1. The molecule has 0 spiro atoms. The Morgan fingerprint density at radius 1 is 1.13 bits per heavy atom. The van der Waals surface area contributed by atoms with Crippen molar-refractivity contribution in [3.8, 4) is 0 Å². The molecule has 3 heteroatoms. The lowest BCUT2D eigenvalue weighted by Gasteiger charge is -2.18. The van der Waals surface area contributed by atoms with Crippen LogP contribution in [0.25, 0.3) is 0 Å². The van der Waals surface area contributed by atoms with Crippen LogP contribution in [0.2, 0.25) is 0 Å². The maximum absolute atomic E-state index is 5.77. The van der Waals surface area contributed by atoms with E-state index in [1.54, 1.807) is 0 Å². The number of rotatable bonds is 1. The van der Waals surface area contributed by atoms with Crippen molar-refractivity contribution in [2.75, 3.05) is 5.73 Å². The number of hydrogen-bond acceptors (Lipinski definition) is 2. The van der Waals surface area contributed by atoms with Crippen molar-refractivity contribution in [1.82, 2.24) is 10.2 Å². The van der Waals surface area contributed by atoms with Gasteiger partial charge in [0.15, 0.2) is 0 Å². The first-order valence-electron chi connectivity index (χ1n) is 6.09. The summed E-state index contributed by atoms with van der Waals surface area (Å²) in [7, 11) is 0. The highest BCUT2D eigenvalue weighted by Gasteiger charge is 2.18. The molecule has 1 aliphatic carbocycles. The Hall–Kier alpha value is -0.990. The molecular formula is C12H21N3. The Bertz CT molecular complexity index is 309. The van der Waals surface area contributed by atoms with Gasteiger partial charge in [0.25, 0.3) is 0 Å². The Labute approximate surface area is 91.4 Å². The zero-order valence-electron chi connectivity index (χ0n) is 9.55. The molecule has 15 heavy (non-hydrogen) atoms. The number of hydrogen-bond donors (Lipinski definition) is 2. The SMILES string of the molecule is Cc1c(N)n[nH]c1C1CCCCCCC1. The van der Waals surface area contributed by atoms with E-state index in [2.05, 4.69) is 17.1 Å².